The van der Waals surface area contributed by atoms with Crippen LogP contribution in [0.25, 0.3) is 0 Å². The summed E-state index contributed by atoms with van der Waals surface area (Å²) in [4.78, 5) is 8.42. The van der Waals surface area contributed by atoms with Crippen molar-refractivity contribution in [3.63, 3.8) is 0 Å². The Kier molecular flexibility index (Phi) is 4.76. The normalized spacial score (nSPS) is 16.7. The molecule has 0 bridgehead atoms. The van der Waals surface area contributed by atoms with Crippen LogP contribution < -0.4 is 10.2 Å². The van der Waals surface area contributed by atoms with E-state index in [1.807, 2.05) is 17.5 Å². The molecular formula is C17H23N3S. The fourth-order valence-electron chi connectivity index (χ4n) is 2.85. The summed E-state index contributed by atoms with van der Waals surface area (Å²) >= 11 is 1.81. The summed E-state index contributed by atoms with van der Waals surface area (Å²) in [5, 5.41) is 5.73. The van der Waals surface area contributed by atoms with Gasteiger partial charge in [-0.1, -0.05) is 13.0 Å². The van der Waals surface area contributed by atoms with Crippen LogP contribution in [0.1, 0.15) is 43.5 Å². The fourth-order valence-corrected chi connectivity index (χ4v) is 3.71. The zero-order valence-corrected chi connectivity index (χ0v) is 13.4. The molecule has 0 spiro atoms. The Hall–Kier alpha value is -1.55. The van der Waals surface area contributed by atoms with Crippen LogP contribution in [0.4, 0.5) is 11.5 Å². The van der Waals surface area contributed by atoms with Gasteiger partial charge in [0.05, 0.1) is 17.9 Å². The van der Waals surface area contributed by atoms with Gasteiger partial charge in [-0.05, 0) is 49.3 Å². The summed E-state index contributed by atoms with van der Waals surface area (Å²) in [6.45, 7) is 4.51. The number of thiophene rings is 1. The van der Waals surface area contributed by atoms with Crippen molar-refractivity contribution < 1.29 is 0 Å². The van der Waals surface area contributed by atoms with Gasteiger partial charge in [0.2, 0.25) is 0 Å². The topological polar surface area (TPSA) is 28.2 Å². The van der Waals surface area contributed by atoms with E-state index < -0.39 is 0 Å². The third kappa shape index (κ3) is 3.56. The summed E-state index contributed by atoms with van der Waals surface area (Å²) < 4.78 is 0. The molecule has 2 aromatic rings. The lowest BCUT2D eigenvalue weighted by atomic mass is 10.1. The van der Waals surface area contributed by atoms with Crippen molar-refractivity contribution in [2.75, 3.05) is 23.3 Å². The lowest BCUT2D eigenvalue weighted by Gasteiger charge is -2.27. The maximum Gasteiger partial charge on any atom is 0.128 e. The molecule has 4 heteroatoms. The number of nitrogens with zero attached hydrogens (tertiary/aromatic N) is 2. The van der Waals surface area contributed by atoms with Gasteiger partial charge in [0.15, 0.2) is 0 Å². The number of hydrogen-bond acceptors (Lipinski definition) is 4. The molecule has 3 rings (SSSR count). The lowest BCUT2D eigenvalue weighted by molar-refractivity contribution is 0.573. The summed E-state index contributed by atoms with van der Waals surface area (Å²) in [6, 6.07) is 9.00. The van der Waals surface area contributed by atoms with E-state index in [2.05, 4.69) is 51.8 Å². The summed E-state index contributed by atoms with van der Waals surface area (Å²) in [6.07, 6.45) is 6.99. The molecule has 3 heterocycles. The van der Waals surface area contributed by atoms with E-state index in [4.69, 9.17) is 0 Å². The molecule has 1 fully saturated rings. The van der Waals surface area contributed by atoms with Gasteiger partial charge in [0.1, 0.15) is 5.82 Å². The Morgan fingerprint density at radius 3 is 2.71 bits per heavy atom. The van der Waals surface area contributed by atoms with E-state index in [1.165, 1.54) is 24.1 Å². The minimum absolute atomic E-state index is 0.382. The second-order valence-corrected chi connectivity index (χ2v) is 6.55. The average molecular weight is 301 g/mol. The van der Waals surface area contributed by atoms with Crippen molar-refractivity contribution in [3.8, 4) is 0 Å². The zero-order valence-electron chi connectivity index (χ0n) is 12.6. The molecule has 1 atom stereocenters. The number of piperidine rings is 1. The molecule has 0 amide bonds. The van der Waals surface area contributed by atoms with Crippen LogP contribution in [0.5, 0.6) is 0 Å². The largest absolute Gasteiger partial charge is 0.376 e. The van der Waals surface area contributed by atoms with Crippen LogP contribution in [0.15, 0.2) is 35.8 Å². The van der Waals surface area contributed by atoms with Gasteiger partial charge in [0, 0.05) is 18.0 Å². The molecule has 1 aliphatic rings. The number of pyridine rings is 1. The van der Waals surface area contributed by atoms with Gasteiger partial charge < -0.3 is 10.2 Å². The SMILES string of the molecule is CCC(Nc1ccc(N2CCCCC2)nc1)c1cccs1. The number of aromatic nitrogens is 1. The number of nitrogens with one attached hydrogen (secondary N) is 1. The van der Waals surface area contributed by atoms with Gasteiger partial charge in [-0.25, -0.2) is 4.98 Å². The minimum atomic E-state index is 0.382. The molecule has 1 aliphatic heterocycles. The molecule has 0 saturated carbocycles. The Morgan fingerprint density at radius 2 is 2.10 bits per heavy atom. The molecule has 0 radical (unpaired) electrons. The van der Waals surface area contributed by atoms with Crippen molar-refractivity contribution in [2.24, 2.45) is 0 Å². The number of anilines is 2. The van der Waals surface area contributed by atoms with Crippen LogP contribution in [-0.2, 0) is 0 Å². The third-order valence-electron chi connectivity index (χ3n) is 4.06. The summed E-state index contributed by atoms with van der Waals surface area (Å²) in [5.41, 5.74) is 1.11. The van der Waals surface area contributed by atoms with Crippen molar-refractivity contribution in [1.82, 2.24) is 4.98 Å². The molecule has 21 heavy (non-hydrogen) atoms. The highest BCUT2D eigenvalue weighted by atomic mass is 32.1. The Balaban J connectivity index is 1.66. The van der Waals surface area contributed by atoms with Crippen LogP contribution in [0.3, 0.4) is 0 Å². The maximum atomic E-state index is 4.64. The maximum absolute atomic E-state index is 4.64. The standard InChI is InChI=1S/C17H23N3S/c1-2-15(16-7-6-12-21-16)19-14-8-9-17(18-13-14)20-10-4-3-5-11-20/h6-9,12-13,15,19H,2-5,10-11H2,1H3. The molecule has 112 valence electrons. The van der Waals surface area contributed by atoms with Gasteiger partial charge in [-0.15, -0.1) is 11.3 Å². The minimum Gasteiger partial charge on any atom is -0.376 e. The van der Waals surface area contributed by atoms with Gasteiger partial charge >= 0.3 is 0 Å². The second-order valence-electron chi connectivity index (χ2n) is 5.57. The summed E-state index contributed by atoms with van der Waals surface area (Å²) in [7, 11) is 0. The van der Waals surface area contributed by atoms with Crippen LogP contribution >= 0.6 is 11.3 Å². The van der Waals surface area contributed by atoms with E-state index >= 15 is 0 Å². The zero-order chi connectivity index (χ0) is 14.5. The van der Waals surface area contributed by atoms with Crippen molar-refractivity contribution in [3.05, 3.63) is 40.7 Å². The lowest BCUT2D eigenvalue weighted by Crippen LogP contribution is -2.30. The second kappa shape index (κ2) is 6.94. The molecule has 1 unspecified atom stereocenters. The highest BCUT2D eigenvalue weighted by Gasteiger charge is 2.13. The van der Waals surface area contributed by atoms with Crippen molar-refractivity contribution >= 4 is 22.8 Å². The first kappa shape index (κ1) is 14.4. The van der Waals surface area contributed by atoms with E-state index in [9.17, 15) is 0 Å². The highest BCUT2D eigenvalue weighted by Crippen LogP contribution is 2.26. The van der Waals surface area contributed by atoms with E-state index in [1.54, 1.807) is 0 Å². The third-order valence-corrected chi connectivity index (χ3v) is 5.05. The van der Waals surface area contributed by atoms with E-state index in [0.717, 1.165) is 31.0 Å². The van der Waals surface area contributed by atoms with Gasteiger partial charge in [-0.3, -0.25) is 0 Å². The molecule has 1 N–H and O–H groups in total. The predicted molar refractivity (Wildman–Crippen MR) is 91.3 cm³/mol. The monoisotopic (exact) mass is 301 g/mol. The Morgan fingerprint density at radius 1 is 1.24 bits per heavy atom. The van der Waals surface area contributed by atoms with E-state index in [0.29, 0.717) is 6.04 Å². The number of hydrogen-bond donors (Lipinski definition) is 1. The van der Waals surface area contributed by atoms with Crippen LogP contribution in [0.2, 0.25) is 0 Å². The average Bonchev–Trinajstić information content (AvgIpc) is 3.08. The molecule has 1 saturated heterocycles. The first-order chi connectivity index (χ1) is 10.4. The first-order valence-electron chi connectivity index (χ1n) is 7.88. The molecule has 2 aromatic heterocycles. The smallest absolute Gasteiger partial charge is 0.128 e. The van der Waals surface area contributed by atoms with Crippen molar-refractivity contribution in [2.45, 2.75) is 38.6 Å². The molecule has 0 aliphatic carbocycles. The van der Waals surface area contributed by atoms with Gasteiger partial charge in [0.25, 0.3) is 0 Å². The predicted octanol–water partition coefficient (Wildman–Crippen LogP) is 4.70. The fraction of sp³-hybridized carbons (Fsp3) is 0.471. The van der Waals surface area contributed by atoms with Gasteiger partial charge in [-0.2, -0.15) is 0 Å². The molecular weight excluding hydrogens is 278 g/mol. The van der Waals surface area contributed by atoms with Crippen molar-refractivity contribution in [1.29, 1.82) is 0 Å². The molecule has 3 nitrogen and oxygen atoms in total. The molecule has 0 aromatic carbocycles. The Labute approximate surface area is 131 Å². The number of rotatable bonds is 5. The quantitative estimate of drug-likeness (QED) is 0.868. The summed E-state index contributed by atoms with van der Waals surface area (Å²) in [5.74, 6) is 1.12. The first-order valence-corrected chi connectivity index (χ1v) is 8.75. The van der Waals surface area contributed by atoms with Crippen LogP contribution in [-0.4, -0.2) is 18.1 Å². The van der Waals surface area contributed by atoms with E-state index in [-0.39, 0.29) is 0 Å². The van der Waals surface area contributed by atoms with Crippen LogP contribution in [0, 0.1) is 0 Å². The highest BCUT2D eigenvalue weighted by molar-refractivity contribution is 7.10. The Bertz CT molecular complexity index is 530.